The number of carbonyl (C=O) groups is 2. The molecule has 0 saturated carbocycles. The molecule has 0 saturated heterocycles. The molecule has 1 aromatic rings. The molecule has 1 aliphatic rings. The summed E-state index contributed by atoms with van der Waals surface area (Å²) in [5.74, 6) is 1.36. The summed E-state index contributed by atoms with van der Waals surface area (Å²) in [6, 6.07) is 7.21. The number of fused-ring (bicyclic) bond motifs is 1. The van der Waals surface area contributed by atoms with Crippen molar-refractivity contribution in [2.45, 2.75) is 13.3 Å². The van der Waals surface area contributed by atoms with E-state index in [4.69, 9.17) is 0 Å². The molecule has 17 heavy (non-hydrogen) atoms. The lowest BCUT2D eigenvalue weighted by Gasteiger charge is -2.15. The summed E-state index contributed by atoms with van der Waals surface area (Å²) in [4.78, 5) is 25.1. The van der Waals surface area contributed by atoms with Gasteiger partial charge in [0.2, 0.25) is 0 Å². The number of para-hydroxylation sites is 1. The van der Waals surface area contributed by atoms with Crippen LogP contribution in [0, 0.1) is 0 Å². The van der Waals surface area contributed by atoms with Crippen molar-refractivity contribution < 1.29 is 9.59 Å². The number of carbonyl (C=O) groups excluding carboxylic acids is 2. The van der Waals surface area contributed by atoms with Gasteiger partial charge in [0.25, 0.3) is 11.7 Å². The zero-order valence-corrected chi connectivity index (χ0v) is 10.6. The molecule has 0 aliphatic carbocycles. The van der Waals surface area contributed by atoms with E-state index >= 15 is 0 Å². The molecule has 1 amide bonds. The minimum absolute atomic E-state index is 0.372. The molecular weight excluding hydrogens is 234 g/mol. The Bertz CT molecular complexity index is 445. The number of nitrogens with zero attached hydrogens (tertiary/aromatic N) is 1. The minimum Gasteiger partial charge on any atom is -0.305 e. The largest absolute Gasteiger partial charge is 0.305 e. The van der Waals surface area contributed by atoms with Crippen molar-refractivity contribution in [1.29, 1.82) is 0 Å². The van der Waals surface area contributed by atoms with E-state index in [1.807, 2.05) is 23.9 Å². The first-order valence-electron chi connectivity index (χ1n) is 5.78. The van der Waals surface area contributed by atoms with Gasteiger partial charge in [0.05, 0.1) is 11.3 Å². The lowest BCUT2D eigenvalue weighted by molar-refractivity contribution is -0.114. The van der Waals surface area contributed by atoms with Crippen LogP contribution < -0.4 is 4.90 Å². The molecular formula is C13H15NO2S. The topological polar surface area (TPSA) is 37.4 Å². The van der Waals surface area contributed by atoms with Gasteiger partial charge in [-0.05, 0) is 30.1 Å². The molecule has 1 aliphatic heterocycles. The molecule has 0 aromatic heterocycles. The zero-order valence-electron chi connectivity index (χ0n) is 9.81. The molecule has 1 aromatic carbocycles. The molecule has 0 spiro atoms. The minimum atomic E-state index is -0.382. The van der Waals surface area contributed by atoms with Crippen LogP contribution in [0.1, 0.15) is 23.7 Å². The van der Waals surface area contributed by atoms with Crippen molar-refractivity contribution in [1.82, 2.24) is 0 Å². The molecule has 0 fully saturated rings. The predicted octanol–water partition coefficient (Wildman–Crippen LogP) is 2.36. The normalized spacial score (nSPS) is 14.3. The second-order valence-electron chi connectivity index (χ2n) is 3.85. The summed E-state index contributed by atoms with van der Waals surface area (Å²) in [7, 11) is 0. The van der Waals surface area contributed by atoms with Crippen molar-refractivity contribution in [2.24, 2.45) is 0 Å². The summed E-state index contributed by atoms with van der Waals surface area (Å²) in [6.45, 7) is 2.75. The highest BCUT2D eigenvalue weighted by molar-refractivity contribution is 7.99. The van der Waals surface area contributed by atoms with Crippen LogP contribution in [0.2, 0.25) is 0 Å². The maximum Gasteiger partial charge on any atom is 0.299 e. The Kier molecular flexibility index (Phi) is 3.84. The quantitative estimate of drug-likeness (QED) is 0.594. The third-order valence-electron chi connectivity index (χ3n) is 2.75. The highest BCUT2D eigenvalue weighted by Gasteiger charge is 2.34. The van der Waals surface area contributed by atoms with Crippen LogP contribution in [0.25, 0.3) is 0 Å². The Hall–Kier alpha value is -1.29. The van der Waals surface area contributed by atoms with Crippen molar-refractivity contribution in [3.63, 3.8) is 0 Å². The number of hydrogen-bond donors (Lipinski definition) is 0. The van der Waals surface area contributed by atoms with Crippen molar-refractivity contribution >= 4 is 29.1 Å². The first kappa shape index (κ1) is 12.2. The standard InChI is InChI=1S/C13H15NO2S/c1-2-17-9-5-8-14-11-7-4-3-6-10(11)12(15)13(14)16/h3-4,6-7H,2,5,8-9H2,1H3. The highest BCUT2D eigenvalue weighted by atomic mass is 32.2. The first-order chi connectivity index (χ1) is 8.25. The second kappa shape index (κ2) is 5.36. The Balaban J connectivity index is 2.08. The number of benzene rings is 1. The molecule has 0 N–H and O–H groups in total. The number of anilines is 1. The average molecular weight is 249 g/mol. The number of ketones is 1. The van der Waals surface area contributed by atoms with Gasteiger partial charge >= 0.3 is 0 Å². The predicted molar refractivity (Wildman–Crippen MR) is 70.7 cm³/mol. The zero-order chi connectivity index (χ0) is 12.3. The molecule has 2 rings (SSSR count). The van der Waals surface area contributed by atoms with Gasteiger partial charge in [-0.1, -0.05) is 19.1 Å². The van der Waals surface area contributed by atoms with E-state index in [9.17, 15) is 9.59 Å². The molecule has 3 nitrogen and oxygen atoms in total. The van der Waals surface area contributed by atoms with E-state index < -0.39 is 0 Å². The number of hydrogen-bond acceptors (Lipinski definition) is 3. The third-order valence-corrected chi connectivity index (χ3v) is 3.74. The SMILES string of the molecule is CCSCCCN1C(=O)C(=O)c2ccccc21. The molecule has 0 atom stereocenters. The monoisotopic (exact) mass is 249 g/mol. The van der Waals surface area contributed by atoms with Crippen molar-refractivity contribution in [3.05, 3.63) is 29.8 Å². The van der Waals surface area contributed by atoms with Gasteiger partial charge < -0.3 is 4.90 Å². The smallest absolute Gasteiger partial charge is 0.299 e. The fourth-order valence-electron chi connectivity index (χ4n) is 1.94. The van der Waals surface area contributed by atoms with Crippen LogP contribution in [0.4, 0.5) is 5.69 Å². The van der Waals surface area contributed by atoms with Crippen LogP contribution in [-0.4, -0.2) is 29.7 Å². The lowest BCUT2D eigenvalue weighted by atomic mass is 10.1. The summed E-state index contributed by atoms with van der Waals surface area (Å²) in [6.07, 6.45) is 0.922. The van der Waals surface area contributed by atoms with E-state index in [0.29, 0.717) is 12.1 Å². The molecule has 0 unspecified atom stereocenters. The van der Waals surface area contributed by atoms with Crippen molar-refractivity contribution in [2.75, 3.05) is 23.0 Å². The fraction of sp³-hybridized carbons (Fsp3) is 0.385. The maximum absolute atomic E-state index is 11.8. The van der Waals surface area contributed by atoms with Gasteiger partial charge in [-0.2, -0.15) is 11.8 Å². The van der Waals surface area contributed by atoms with Gasteiger partial charge in [0, 0.05) is 6.54 Å². The Morgan fingerprint density at radius 2 is 2.00 bits per heavy atom. The van der Waals surface area contributed by atoms with E-state index in [1.165, 1.54) is 0 Å². The first-order valence-corrected chi connectivity index (χ1v) is 6.94. The van der Waals surface area contributed by atoms with Crippen LogP contribution in [0.15, 0.2) is 24.3 Å². The summed E-state index contributed by atoms with van der Waals surface area (Å²) in [5, 5.41) is 0. The summed E-state index contributed by atoms with van der Waals surface area (Å²) in [5.41, 5.74) is 1.31. The average Bonchev–Trinajstić information content (AvgIpc) is 2.60. The van der Waals surface area contributed by atoms with Crippen molar-refractivity contribution in [3.8, 4) is 0 Å². The van der Waals surface area contributed by atoms with Gasteiger partial charge in [0.1, 0.15) is 0 Å². The van der Waals surface area contributed by atoms with E-state index in [1.54, 1.807) is 17.0 Å². The van der Waals surface area contributed by atoms with Gasteiger partial charge in [0.15, 0.2) is 0 Å². The van der Waals surface area contributed by atoms with Gasteiger partial charge in [-0.15, -0.1) is 0 Å². The van der Waals surface area contributed by atoms with Crippen LogP contribution in [0.5, 0.6) is 0 Å². The maximum atomic E-state index is 11.8. The molecule has 90 valence electrons. The molecule has 0 radical (unpaired) electrons. The van der Waals surface area contributed by atoms with Gasteiger partial charge in [-0.3, -0.25) is 9.59 Å². The fourth-order valence-corrected chi connectivity index (χ4v) is 2.56. The van der Waals surface area contributed by atoms with Crippen LogP contribution in [0.3, 0.4) is 0 Å². The Morgan fingerprint density at radius 1 is 1.24 bits per heavy atom. The van der Waals surface area contributed by atoms with E-state index in [-0.39, 0.29) is 11.7 Å². The number of thioether (sulfide) groups is 1. The van der Waals surface area contributed by atoms with Crippen LogP contribution in [-0.2, 0) is 4.79 Å². The molecule has 1 heterocycles. The summed E-state index contributed by atoms with van der Waals surface area (Å²) >= 11 is 1.85. The summed E-state index contributed by atoms with van der Waals surface area (Å²) < 4.78 is 0. The number of rotatable bonds is 5. The highest BCUT2D eigenvalue weighted by Crippen LogP contribution is 2.28. The third kappa shape index (κ3) is 2.36. The van der Waals surface area contributed by atoms with Gasteiger partial charge in [-0.25, -0.2) is 0 Å². The lowest BCUT2D eigenvalue weighted by Crippen LogP contribution is -2.30. The second-order valence-corrected chi connectivity index (χ2v) is 5.25. The van der Waals surface area contributed by atoms with Crippen LogP contribution >= 0.6 is 11.8 Å². The Morgan fingerprint density at radius 3 is 2.76 bits per heavy atom. The Labute approximate surface area is 105 Å². The van der Waals surface area contributed by atoms with E-state index in [0.717, 1.165) is 23.6 Å². The van der Waals surface area contributed by atoms with E-state index in [2.05, 4.69) is 6.92 Å². The number of Topliss-reactive ketones (excluding diaryl/α,β-unsaturated/α-hetero) is 1. The molecule has 0 bridgehead atoms. The molecule has 4 heteroatoms. The number of amides is 1.